The molecule has 1 aromatic heterocycles. The highest BCUT2D eigenvalue weighted by molar-refractivity contribution is 6.02. The molecule has 2 aromatic carbocycles. The van der Waals surface area contributed by atoms with Gasteiger partial charge in [0.15, 0.2) is 0 Å². The van der Waals surface area contributed by atoms with Crippen LogP contribution in [0.3, 0.4) is 0 Å². The molecule has 0 saturated carbocycles. The molecular weight excluding hydrogens is 360 g/mol. The number of hydrogen-bond acceptors (Lipinski definition) is 4. The van der Waals surface area contributed by atoms with Crippen LogP contribution in [0.5, 0.6) is 0 Å². The molecule has 148 valence electrons. The molecule has 0 unspecified atom stereocenters. The van der Waals surface area contributed by atoms with Crippen molar-refractivity contribution in [3.63, 3.8) is 0 Å². The summed E-state index contributed by atoms with van der Waals surface area (Å²) in [7, 11) is 0. The third-order valence-electron chi connectivity index (χ3n) is 5.45. The largest absolute Gasteiger partial charge is 0.355 e. The maximum absolute atomic E-state index is 12.4. The molecule has 0 aliphatic carbocycles. The molecule has 1 aliphatic heterocycles. The number of nitrogens with zero attached hydrogens (tertiary/aromatic N) is 3. The number of piperidine rings is 1. The van der Waals surface area contributed by atoms with E-state index in [1.54, 1.807) is 12.4 Å². The maximum Gasteiger partial charge on any atom is 0.275 e. The summed E-state index contributed by atoms with van der Waals surface area (Å²) in [5, 5.41) is 2.87. The molecule has 1 saturated heterocycles. The third kappa shape index (κ3) is 4.99. The second-order valence-electron chi connectivity index (χ2n) is 7.70. The number of carbonyl (C=O) groups excluding carboxylic acids is 1. The van der Waals surface area contributed by atoms with Gasteiger partial charge >= 0.3 is 0 Å². The molecule has 0 atom stereocenters. The maximum atomic E-state index is 12.4. The number of benzene rings is 2. The van der Waals surface area contributed by atoms with Gasteiger partial charge in [-0.2, -0.15) is 0 Å². The molecule has 1 fully saturated rings. The van der Waals surface area contributed by atoms with E-state index < -0.39 is 0 Å². The Labute approximate surface area is 171 Å². The van der Waals surface area contributed by atoms with Gasteiger partial charge in [0.05, 0.1) is 12.4 Å². The van der Waals surface area contributed by atoms with Crippen LogP contribution in [-0.2, 0) is 6.42 Å². The molecule has 0 bridgehead atoms. The lowest BCUT2D eigenvalue weighted by Crippen LogP contribution is -2.35. The van der Waals surface area contributed by atoms with Crippen molar-refractivity contribution in [1.29, 1.82) is 0 Å². The van der Waals surface area contributed by atoms with Crippen LogP contribution in [0.25, 0.3) is 0 Å². The van der Waals surface area contributed by atoms with Gasteiger partial charge < -0.3 is 10.2 Å². The van der Waals surface area contributed by atoms with Gasteiger partial charge in [0.25, 0.3) is 5.91 Å². The average molecular weight is 386 g/mol. The number of aromatic nitrogens is 2. The minimum atomic E-state index is -0.240. The molecule has 1 aliphatic rings. The van der Waals surface area contributed by atoms with Gasteiger partial charge in [0, 0.05) is 18.8 Å². The van der Waals surface area contributed by atoms with Crippen LogP contribution in [0.4, 0.5) is 11.5 Å². The van der Waals surface area contributed by atoms with Gasteiger partial charge in [-0.05, 0) is 55.4 Å². The Morgan fingerprint density at radius 1 is 1.03 bits per heavy atom. The smallest absolute Gasteiger partial charge is 0.275 e. The Balaban J connectivity index is 1.32. The van der Waals surface area contributed by atoms with Gasteiger partial charge in [0.1, 0.15) is 11.5 Å². The van der Waals surface area contributed by atoms with E-state index in [9.17, 15) is 4.79 Å². The highest BCUT2D eigenvalue weighted by atomic mass is 16.1. The summed E-state index contributed by atoms with van der Waals surface area (Å²) in [5.41, 5.74) is 3.60. The fraction of sp³-hybridized carbons (Fsp3) is 0.292. The predicted octanol–water partition coefficient (Wildman–Crippen LogP) is 4.50. The standard InChI is InChI=1S/C24H26N4O/c1-18-6-5-9-21(14-18)27-24(29)22-16-26-23(17-25-22)28-12-10-20(11-13-28)15-19-7-3-2-4-8-19/h2-9,14,16-17,20H,10-13,15H2,1H3,(H,27,29). The normalized spacial score (nSPS) is 14.6. The molecule has 29 heavy (non-hydrogen) atoms. The van der Waals surface area contributed by atoms with E-state index in [0.717, 1.165) is 49.4 Å². The fourth-order valence-electron chi connectivity index (χ4n) is 3.83. The van der Waals surface area contributed by atoms with Gasteiger partial charge in [0.2, 0.25) is 0 Å². The molecule has 5 heteroatoms. The van der Waals surface area contributed by atoms with Gasteiger partial charge in [-0.3, -0.25) is 4.79 Å². The summed E-state index contributed by atoms with van der Waals surface area (Å²) in [5.74, 6) is 1.31. The summed E-state index contributed by atoms with van der Waals surface area (Å²) < 4.78 is 0. The Morgan fingerprint density at radius 2 is 1.83 bits per heavy atom. The number of aryl methyl sites for hydroxylation is 1. The van der Waals surface area contributed by atoms with Crippen molar-refractivity contribution in [3.05, 3.63) is 83.8 Å². The Morgan fingerprint density at radius 3 is 2.52 bits per heavy atom. The van der Waals surface area contributed by atoms with Crippen LogP contribution < -0.4 is 10.2 Å². The van der Waals surface area contributed by atoms with Crippen molar-refractivity contribution in [2.24, 2.45) is 5.92 Å². The molecule has 2 heterocycles. The number of anilines is 2. The monoisotopic (exact) mass is 386 g/mol. The lowest BCUT2D eigenvalue weighted by molar-refractivity contribution is 0.102. The SMILES string of the molecule is Cc1cccc(NC(=O)c2cnc(N3CCC(Cc4ccccc4)CC3)cn2)c1. The van der Waals surface area contributed by atoms with Crippen LogP contribution in [0.2, 0.25) is 0 Å². The summed E-state index contributed by atoms with van der Waals surface area (Å²) >= 11 is 0. The molecule has 5 nitrogen and oxygen atoms in total. The Hall–Kier alpha value is -3.21. The van der Waals surface area contributed by atoms with E-state index in [1.165, 1.54) is 5.56 Å². The topological polar surface area (TPSA) is 58.1 Å². The average Bonchev–Trinajstić information content (AvgIpc) is 2.75. The number of amides is 1. The van der Waals surface area contributed by atoms with Crippen molar-refractivity contribution in [2.45, 2.75) is 26.2 Å². The lowest BCUT2D eigenvalue weighted by atomic mass is 9.90. The van der Waals surface area contributed by atoms with Crippen molar-refractivity contribution in [1.82, 2.24) is 9.97 Å². The molecule has 4 rings (SSSR count). The first-order valence-corrected chi connectivity index (χ1v) is 10.2. The molecule has 3 aromatic rings. The molecule has 1 amide bonds. The number of hydrogen-bond donors (Lipinski definition) is 1. The molecule has 1 N–H and O–H groups in total. The number of nitrogens with one attached hydrogen (secondary N) is 1. The lowest BCUT2D eigenvalue weighted by Gasteiger charge is -2.32. The summed E-state index contributed by atoms with van der Waals surface area (Å²) in [6, 6.07) is 18.4. The fourth-order valence-corrected chi connectivity index (χ4v) is 3.83. The van der Waals surface area contributed by atoms with Gasteiger partial charge in [-0.25, -0.2) is 9.97 Å². The van der Waals surface area contributed by atoms with E-state index in [4.69, 9.17) is 0 Å². The second kappa shape index (κ2) is 8.86. The first kappa shape index (κ1) is 19.1. The number of carbonyl (C=O) groups is 1. The van der Waals surface area contributed by atoms with E-state index >= 15 is 0 Å². The van der Waals surface area contributed by atoms with Crippen molar-refractivity contribution in [2.75, 3.05) is 23.3 Å². The van der Waals surface area contributed by atoms with Crippen LogP contribution >= 0.6 is 0 Å². The minimum absolute atomic E-state index is 0.240. The zero-order valence-electron chi connectivity index (χ0n) is 16.7. The molecule has 0 spiro atoms. The third-order valence-corrected chi connectivity index (χ3v) is 5.45. The second-order valence-corrected chi connectivity index (χ2v) is 7.70. The van der Waals surface area contributed by atoms with Crippen molar-refractivity contribution >= 4 is 17.4 Å². The summed E-state index contributed by atoms with van der Waals surface area (Å²) in [6.45, 7) is 3.94. The van der Waals surface area contributed by atoms with E-state index in [1.807, 2.05) is 31.2 Å². The van der Waals surface area contributed by atoms with Crippen molar-refractivity contribution < 1.29 is 4.79 Å². The Bertz CT molecular complexity index is 948. The Kier molecular flexibility index (Phi) is 5.84. The first-order valence-electron chi connectivity index (χ1n) is 10.2. The van der Waals surface area contributed by atoms with E-state index in [-0.39, 0.29) is 5.91 Å². The van der Waals surface area contributed by atoms with Gasteiger partial charge in [-0.15, -0.1) is 0 Å². The van der Waals surface area contributed by atoms with Crippen molar-refractivity contribution in [3.8, 4) is 0 Å². The van der Waals surface area contributed by atoms with E-state index in [2.05, 4.69) is 50.5 Å². The molecular formula is C24H26N4O. The van der Waals surface area contributed by atoms with Crippen LogP contribution in [0.1, 0.15) is 34.5 Å². The summed E-state index contributed by atoms with van der Waals surface area (Å²) in [6.07, 6.45) is 6.70. The van der Waals surface area contributed by atoms with Gasteiger partial charge in [-0.1, -0.05) is 42.5 Å². The predicted molar refractivity (Wildman–Crippen MR) is 116 cm³/mol. The number of rotatable bonds is 5. The first-order chi connectivity index (χ1) is 14.2. The minimum Gasteiger partial charge on any atom is -0.355 e. The summed E-state index contributed by atoms with van der Waals surface area (Å²) in [4.78, 5) is 23.5. The molecule has 0 radical (unpaired) electrons. The van der Waals surface area contributed by atoms with Crippen LogP contribution in [0, 0.1) is 12.8 Å². The van der Waals surface area contributed by atoms with Crippen LogP contribution in [0.15, 0.2) is 67.0 Å². The quantitative estimate of drug-likeness (QED) is 0.702. The van der Waals surface area contributed by atoms with E-state index in [0.29, 0.717) is 11.6 Å². The van der Waals surface area contributed by atoms with Crippen LogP contribution in [-0.4, -0.2) is 29.0 Å². The highest BCUT2D eigenvalue weighted by Crippen LogP contribution is 2.24. The highest BCUT2D eigenvalue weighted by Gasteiger charge is 2.21. The zero-order valence-corrected chi connectivity index (χ0v) is 16.7. The zero-order chi connectivity index (χ0) is 20.1.